The molecule has 0 saturated heterocycles. The summed E-state index contributed by atoms with van der Waals surface area (Å²) in [6.45, 7) is 8.12. The molecule has 0 aromatic heterocycles. The molecule has 8 nitrogen and oxygen atoms in total. The number of carbonyl (C=O) groups excluding carboxylic acids is 2. The Morgan fingerprint density at radius 1 is 1.03 bits per heavy atom. The fourth-order valence-electron chi connectivity index (χ4n) is 3.79. The zero-order valence-electron chi connectivity index (χ0n) is 21.3. The third kappa shape index (κ3) is 7.71. The molecule has 0 spiro atoms. The molecule has 2 rings (SSSR count). The Bertz CT molecular complexity index is 1100. The number of carbonyl (C=O) groups is 2. The molecule has 2 aromatic rings. The number of hydrogen-bond donors (Lipinski definition) is 1. The van der Waals surface area contributed by atoms with Crippen LogP contribution >= 0.6 is 0 Å². The highest BCUT2D eigenvalue weighted by Gasteiger charge is 2.32. The summed E-state index contributed by atoms with van der Waals surface area (Å²) in [4.78, 5) is 28.2. The standard InChI is InChI=1S/C26H37N3O5S/c1-6-17-27-26(31)22(7-2)28(18-21-14-10-9-13-20(21)4)25(30)19-29(35(5,32)33)23-15-11-12-16-24(23)34-8-3/h9-16,22H,6-8,17-19H2,1-5H3,(H,27,31)/t22-/m0/s1. The minimum absolute atomic E-state index is 0.189. The molecule has 0 aliphatic heterocycles. The fourth-order valence-corrected chi connectivity index (χ4v) is 4.65. The van der Waals surface area contributed by atoms with Crippen molar-refractivity contribution in [3.8, 4) is 5.75 Å². The van der Waals surface area contributed by atoms with Crippen molar-refractivity contribution in [2.24, 2.45) is 0 Å². The van der Waals surface area contributed by atoms with Gasteiger partial charge in [-0.2, -0.15) is 0 Å². The average molecular weight is 504 g/mol. The number of amides is 2. The third-order valence-corrected chi connectivity index (χ3v) is 6.78. The molecule has 1 atom stereocenters. The lowest BCUT2D eigenvalue weighted by atomic mass is 10.1. The molecule has 0 aliphatic rings. The lowest BCUT2D eigenvalue weighted by molar-refractivity contribution is -0.140. The SMILES string of the molecule is CCCNC(=O)[C@H](CC)N(Cc1ccccc1C)C(=O)CN(c1ccccc1OCC)S(C)(=O)=O. The van der Waals surface area contributed by atoms with Crippen LogP contribution in [0.25, 0.3) is 0 Å². The highest BCUT2D eigenvalue weighted by atomic mass is 32.2. The van der Waals surface area contributed by atoms with Gasteiger partial charge in [-0.1, -0.05) is 50.2 Å². The van der Waals surface area contributed by atoms with Gasteiger partial charge < -0.3 is 15.0 Å². The molecular formula is C26H37N3O5S. The van der Waals surface area contributed by atoms with E-state index in [4.69, 9.17) is 4.74 Å². The Morgan fingerprint density at radius 3 is 2.29 bits per heavy atom. The van der Waals surface area contributed by atoms with E-state index in [-0.39, 0.29) is 18.1 Å². The van der Waals surface area contributed by atoms with Crippen LogP contribution in [-0.2, 0) is 26.2 Å². The maximum Gasteiger partial charge on any atom is 0.244 e. The molecule has 35 heavy (non-hydrogen) atoms. The highest BCUT2D eigenvalue weighted by Crippen LogP contribution is 2.30. The summed E-state index contributed by atoms with van der Waals surface area (Å²) in [6.07, 6.45) is 2.21. The summed E-state index contributed by atoms with van der Waals surface area (Å²) in [7, 11) is -3.83. The first-order valence-electron chi connectivity index (χ1n) is 11.9. The van der Waals surface area contributed by atoms with Crippen molar-refractivity contribution in [3.63, 3.8) is 0 Å². The number of rotatable bonds is 13. The molecule has 0 saturated carbocycles. The maximum atomic E-state index is 13.7. The normalized spacial score (nSPS) is 12.0. The van der Waals surface area contributed by atoms with Gasteiger partial charge in [-0.05, 0) is 49.9 Å². The second kappa shape index (κ2) is 13.1. The van der Waals surface area contributed by atoms with Crippen molar-refractivity contribution < 1.29 is 22.7 Å². The van der Waals surface area contributed by atoms with Crippen LogP contribution in [0, 0.1) is 6.92 Å². The summed E-state index contributed by atoms with van der Waals surface area (Å²) in [6, 6.07) is 13.6. The fraction of sp³-hybridized carbons (Fsp3) is 0.462. The lowest BCUT2D eigenvalue weighted by Crippen LogP contribution is -2.52. The number of anilines is 1. The molecule has 0 radical (unpaired) electrons. The minimum atomic E-state index is -3.83. The molecule has 192 valence electrons. The predicted molar refractivity (Wildman–Crippen MR) is 139 cm³/mol. The monoisotopic (exact) mass is 503 g/mol. The quantitative estimate of drug-likeness (QED) is 0.451. The Labute approximate surface area is 209 Å². The van der Waals surface area contributed by atoms with Gasteiger partial charge in [-0.15, -0.1) is 0 Å². The molecule has 0 bridgehead atoms. The summed E-state index contributed by atoms with van der Waals surface area (Å²) >= 11 is 0. The summed E-state index contributed by atoms with van der Waals surface area (Å²) in [5.41, 5.74) is 2.16. The molecule has 0 fully saturated rings. The zero-order valence-corrected chi connectivity index (χ0v) is 22.1. The number of hydrogen-bond acceptors (Lipinski definition) is 5. The average Bonchev–Trinajstić information content (AvgIpc) is 2.82. The van der Waals surface area contributed by atoms with Crippen LogP contribution in [0.3, 0.4) is 0 Å². The van der Waals surface area contributed by atoms with E-state index in [2.05, 4.69) is 5.32 Å². The Hall–Kier alpha value is -3.07. The van der Waals surface area contributed by atoms with E-state index in [1.807, 2.05) is 45.0 Å². The second-order valence-electron chi connectivity index (χ2n) is 8.33. The molecule has 2 amide bonds. The van der Waals surface area contributed by atoms with E-state index in [1.54, 1.807) is 31.2 Å². The van der Waals surface area contributed by atoms with Crippen LogP contribution in [0.5, 0.6) is 5.75 Å². The number of ether oxygens (including phenoxy) is 1. The number of sulfonamides is 1. The highest BCUT2D eigenvalue weighted by molar-refractivity contribution is 7.92. The van der Waals surface area contributed by atoms with Crippen LogP contribution in [0.4, 0.5) is 5.69 Å². The first-order chi connectivity index (χ1) is 16.6. The first-order valence-corrected chi connectivity index (χ1v) is 13.8. The molecule has 9 heteroatoms. The van der Waals surface area contributed by atoms with Gasteiger partial charge in [0.05, 0.1) is 18.6 Å². The molecule has 2 aromatic carbocycles. The van der Waals surface area contributed by atoms with Crippen LogP contribution in [0.1, 0.15) is 44.7 Å². The topological polar surface area (TPSA) is 96.0 Å². The number of nitrogens with zero attached hydrogens (tertiary/aromatic N) is 2. The lowest BCUT2D eigenvalue weighted by Gasteiger charge is -2.33. The first kappa shape index (κ1) is 28.2. The van der Waals surface area contributed by atoms with Gasteiger partial charge in [0, 0.05) is 13.1 Å². The zero-order chi connectivity index (χ0) is 26.0. The molecule has 0 heterocycles. The van der Waals surface area contributed by atoms with E-state index in [0.29, 0.717) is 25.3 Å². The van der Waals surface area contributed by atoms with Gasteiger partial charge >= 0.3 is 0 Å². The van der Waals surface area contributed by atoms with Crippen molar-refractivity contribution in [2.45, 2.75) is 53.1 Å². The molecule has 1 N–H and O–H groups in total. The minimum Gasteiger partial charge on any atom is -0.492 e. The van der Waals surface area contributed by atoms with E-state index in [9.17, 15) is 18.0 Å². The summed E-state index contributed by atoms with van der Waals surface area (Å²) in [5, 5.41) is 2.88. The van der Waals surface area contributed by atoms with Crippen molar-refractivity contribution in [2.75, 3.05) is 30.3 Å². The van der Waals surface area contributed by atoms with Crippen LogP contribution in [0.15, 0.2) is 48.5 Å². The molecular weight excluding hydrogens is 466 g/mol. The second-order valence-corrected chi connectivity index (χ2v) is 10.2. The maximum absolute atomic E-state index is 13.7. The van der Waals surface area contributed by atoms with E-state index in [0.717, 1.165) is 28.1 Å². The number of nitrogens with one attached hydrogen (secondary N) is 1. The van der Waals surface area contributed by atoms with Gasteiger partial charge in [0.15, 0.2) is 0 Å². The van der Waals surface area contributed by atoms with Gasteiger partial charge in [-0.25, -0.2) is 8.42 Å². The number of aryl methyl sites for hydroxylation is 1. The van der Waals surface area contributed by atoms with Crippen molar-refractivity contribution in [3.05, 3.63) is 59.7 Å². The van der Waals surface area contributed by atoms with E-state index in [1.165, 1.54) is 4.90 Å². The van der Waals surface area contributed by atoms with Crippen LogP contribution in [-0.4, -0.2) is 57.1 Å². The Kier molecular flexibility index (Phi) is 10.6. The predicted octanol–water partition coefficient (Wildman–Crippen LogP) is 3.49. The largest absolute Gasteiger partial charge is 0.492 e. The van der Waals surface area contributed by atoms with Gasteiger partial charge in [0.1, 0.15) is 18.3 Å². The Balaban J connectivity index is 2.48. The van der Waals surface area contributed by atoms with Crippen molar-refractivity contribution in [1.29, 1.82) is 0 Å². The number of benzene rings is 2. The third-order valence-electron chi connectivity index (χ3n) is 5.65. The van der Waals surface area contributed by atoms with E-state index < -0.39 is 28.5 Å². The Morgan fingerprint density at radius 2 is 1.69 bits per heavy atom. The summed E-state index contributed by atoms with van der Waals surface area (Å²) in [5.74, 6) is -0.355. The van der Waals surface area contributed by atoms with E-state index >= 15 is 0 Å². The van der Waals surface area contributed by atoms with Gasteiger partial charge in [0.2, 0.25) is 21.8 Å². The van der Waals surface area contributed by atoms with Crippen molar-refractivity contribution in [1.82, 2.24) is 10.2 Å². The summed E-state index contributed by atoms with van der Waals surface area (Å²) < 4.78 is 32.3. The molecule has 0 unspecified atom stereocenters. The smallest absolute Gasteiger partial charge is 0.244 e. The van der Waals surface area contributed by atoms with Crippen molar-refractivity contribution >= 4 is 27.5 Å². The van der Waals surface area contributed by atoms with Crippen LogP contribution < -0.4 is 14.4 Å². The van der Waals surface area contributed by atoms with Gasteiger partial charge in [-0.3, -0.25) is 13.9 Å². The van der Waals surface area contributed by atoms with Crippen LogP contribution in [0.2, 0.25) is 0 Å². The number of para-hydroxylation sites is 2. The van der Waals surface area contributed by atoms with Gasteiger partial charge in [0.25, 0.3) is 0 Å². The molecule has 0 aliphatic carbocycles.